The largest absolute Gasteiger partial charge is 0.495 e. The van der Waals surface area contributed by atoms with Crippen molar-refractivity contribution >= 4 is 32.4 Å². The summed E-state index contributed by atoms with van der Waals surface area (Å²) in [6.45, 7) is 6.16. The van der Waals surface area contributed by atoms with E-state index in [-0.39, 0.29) is 6.04 Å². The second kappa shape index (κ2) is 11.1. The van der Waals surface area contributed by atoms with Gasteiger partial charge in [-0.3, -0.25) is 4.90 Å². The fourth-order valence-corrected chi connectivity index (χ4v) is 6.22. The van der Waals surface area contributed by atoms with Crippen molar-refractivity contribution in [2.45, 2.75) is 31.2 Å². The van der Waals surface area contributed by atoms with Gasteiger partial charge >= 0.3 is 0 Å². The van der Waals surface area contributed by atoms with Crippen molar-refractivity contribution in [1.82, 2.24) is 19.2 Å². The van der Waals surface area contributed by atoms with Gasteiger partial charge in [0.05, 0.1) is 29.3 Å². The Morgan fingerprint density at radius 1 is 0.921 bits per heavy atom. The molecular weight excluding hydrogens is 498 g/mol. The van der Waals surface area contributed by atoms with Crippen LogP contribution in [0.4, 0.5) is 11.5 Å². The number of nitrogens with one attached hydrogen (secondary N) is 1. The van der Waals surface area contributed by atoms with Crippen molar-refractivity contribution in [2.24, 2.45) is 0 Å². The number of anilines is 2. The molecule has 9 heteroatoms. The number of para-hydroxylation sites is 3. The smallest absolute Gasteiger partial charge is 0.243 e. The van der Waals surface area contributed by atoms with Gasteiger partial charge in [-0.1, -0.05) is 43.3 Å². The van der Waals surface area contributed by atoms with Gasteiger partial charge in [-0.15, -0.1) is 0 Å². The van der Waals surface area contributed by atoms with E-state index < -0.39 is 10.0 Å². The topological polar surface area (TPSA) is 87.7 Å². The van der Waals surface area contributed by atoms with Gasteiger partial charge in [0, 0.05) is 31.6 Å². The van der Waals surface area contributed by atoms with Gasteiger partial charge in [0.15, 0.2) is 0 Å². The van der Waals surface area contributed by atoms with Crippen LogP contribution in [0.15, 0.2) is 77.7 Å². The molecule has 1 N–H and O–H groups in total. The maximum atomic E-state index is 13.2. The Balaban J connectivity index is 1.36. The first kappa shape index (κ1) is 26.1. The molecule has 38 heavy (non-hydrogen) atoms. The molecule has 0 aliphatic carbocycles. The van der Waals surface area contributed by atoms with E-state index in [0.29, 0.717) is 42.7 Å². The van der Waals surface area contributed by atoms with Gasteiger partial charge in [0.2, 0.25) is 10.0 Å². The lowest BCUT2D eigenvalue weighted by Gasteiger charge is -2.37. The molecule has 5 rings (SSSR count). The Labute approximate surface area is 224 Å². The van der Waals surface area contributed by atoms with Crippen molar-refractivity contribution in [2.75, 3.05) is 38.6 Å². The fourth-order valence-electron chi connectivity index (χ4n) is 4.79. The van der Waals surface area contributed by atoms with E-state index in [4.69, 9.17) is 14.7 Å². The number of methoxy groups -OCH3 is 1. The van der Waals surface area contributed by atoms with E-state index in [9.17, 15) is 8.42 Å². The fraction of sp³-hybridized carbons (Fsp3) is 0.310. The van der Waals surface area contributed by atoms with Crippen LogP contribution in [-0.2, 0) is 16.4 Å². The molecule has 3 aromatic carbocycles. The van der Waals surface area contributed by atoms with Crippen LogP contribution in [0.5, 0.6) is 5.75 Å². The molecule has 1 aliphatic heterocycles. The lowest BCUT2D eigenvalue weighted by molar-refractivity contribution is 0.141. The minimum absolute atomic E-state index is 0.0912. The number of piperazine rings is 1. The lowest BCUT2D eigenvalue weighted by atomic mass is 10.2. The average molecular weight is 532 g/mol. The lowest BCUT2D eigenvalue weighted by Crippen LogP contribution is -2.49. The number of nitrogens with zero attached hydrogens (tertiary/aromatic N) is 4. The number of hydrogen-bond acceptors (Lipinski definition) is 7. The molecule has 1 fully saturated rings. The number of benzene rings is 3. The second-order valence-electron chi connectivity index (χ2n) is 9.39. The monoisotopic (exact) mass is 531 g/mol. The summed E-state index contributed by atoms with van der Waals surface area (Å²) in [5.74, 6) is 2.12. The van der Waals surface area contributed by atoms with E-state index in [0.717, 1.165) is 34.3 Å². The normalized spacial score (nSPS) is 15.9. The van der Waals surface area contributed by atoms with E-state index in [1.807, 2.05) is 60.7 Å². The predicted molar refractivity (Wildman–Crippen MR) is 150 cm³/mol. The maximum Gasteiger partial charge on any atom is 0.243 e. The molecule has 1 saturated heterocycles. The molecule has 0 amide bonds. The Hall–Kier alpha value is -3.53. The van der Waals surface area contributed by atoms with Gasteiger partial charge in [-0.05, 0) is 55.3 Å². The van der Waals surface area contributed by atoms with Crippen LogP contribution < -0.4 is 10.1 Å². The van der Waals surface area contributed by atoms with Crippen LogP contribution in [0.2, 0.25) is 0 Å². The molecule has 0 saturated carbocycles. The molecule has 1 aromatic heterocycles. The van der Waals surface area contributed by atoms with E-state index >= 15 is 0 Å². The highest BCUT2D eigenvalue weighted by atomic mass is 32.2. The molecule has 1 aliphatic rings. The first-order valence-corrected chi connectivity index (χ1v) is 14.3. The number of ether oxygens (including phenoxy) is 1. The average Bonchev–Trinajstić information content (AvgIpc) is 2.97. The summed E-state index contributed by atoms with van der Waals surface area (Å²) in [6.07, 6.45) is 0.879. The predicted octanol–water partition coefficient (Wildman–Crippen LogP) is 5.01. The van der Waals surface area contributed by atoms with Crippen molar-refractivity contribution in [3.8, 4) is 5.75 Å². The van der Waals surface area contributed by atoms with Gasteiger partial charge in [0.25, 0.3) is 0 Å². The second-order valence-corrected chi connectivity index (χ2v) is 11.3. The third-order valence-corrected chi connectivity index (χ3v) is 9.06. The minimum Gasteiger partial charge on any atom is -0.495 e. The van der Waals surface area contributed by atoms with Crippen LogP contribution in [0.1, 0.15) is 31.3 Å². The van der Waals surface area contributed by atoms with E-state index in [1.54, 1.807) is 23.5 Å². The molecule has 1 atom stereocenters. The van der Waals surface area contributed by atoms with Gasteiger partial charge in [0.1, 0.15) is 17.4 Å². The summed E-state index contributed by atoms with van der Waals surface area (Å²) in [5.41, 5.74) is 2.79. The summed E-state index contributed by atoms with van der Waals surface area (Å²) in [7, 11) is -1.88. The number of rotatable bonds is 8. The Morgan fingerprint density at radius 2 is 1.61 bits per heavy atom. The van der Waals surface area contributed by atoms with E-state index in [1.165, 1.54) is 0 Å². The SMILES string of the molecule is CCc1ccc(S(=O)(=O)N2CCN([C@@H](C)c3nc(Nc4ccccc4OC)c4ccccc4n3)CC2)cc1. The molecular formula is C29H33N5O3S. The number of fused-ring (bicyclic) bond motifs is 1. The molecule has 0 spiro atoms. The van der Waals surface area contributed by atoms with Gasteiger partial charge in [-0.25, -0.2) is 18.4 Å². The van der Waals surface area contributed by atoms with Crippen molar-refractivity contribution in [3.63, 3.8) is 0 Å². The quantitative estimate of drug-likeness (QED) is 0.342. The number of aryl methyl sites for hydroxylation is 1. The Bertz CT molecular complexity index is 1520. The standard InChI is InChI=1S/C29H33N5O3S/c1-4-22-13-15-23(16-14-22)38(35,36)34-19-17-33(18-20-34)21(2)28-30-25-10-6-5-9-24(25)29(32-28)31-26-11-7-8-12-27(26)37-3/h5-16,21H,4,17-20H2,1-3H3,(H,30,31,32)/t21-/m0/s1. The maximum absolute atomic E-state index is 13.2. The Morgan fingerprint density at radius 3 is 2.32 bits per heavy atom. The molecule has 2 heterocycles. The van der Waals surface area contributed by atoms with Crippen molar-refractivity contribution in [1.29, 1.82) is 0 Å². The van der Waals surface area contributed by atoms with Crippen LogP contribution in [0.3, 0.4) is 0 Å². The third-order valence-electron chi connectivity index (χ3n) is 7.14. The van der Waals surface area contributed by atoms with Crippen molar-refractivity contribution < 1.29 is 13.2 Å². The zero-order valence-corrected chi connectivity index (χ0v) is 22.8. The third kappa shape index (κ3) is 5.22. The summed E-state index contributed by atoms with van der Waals surface area (Å²) < 4.78 is 33.5. The zero-order chi connectivity index (χ0) is 26.7. The minimum atomic E-state index is -3.52. The van der Waals surface area contributed by atoms with Crippen LogP contribution in [-0.4, -0.2) is 60.9 Å². The molecule has 8 nitrogen and oxygen atoms in total. The number of hydrogen-bond donors (Lipinski definition) is 1. The highest BCUT2D eigenvalue weighted by Crippen LogP contribution is 2.31. The van der Waals surface area contributed by atoms with Crippen LogP contribution in [0, 0.1) is 0 Å². The highest BCUT2D eigenvalue weighted by molar-refractivity contribution is 7.89. The van der Waals surface area contributed by atoms with Crippen LogP contribution in [0.25, 0.3) is 10.9 Å². The van der Waals surface area contributed by atoms with Crippen LogP contribution >= 0.6 is 0 Å². The first-order valence-electron chi connectivity index (χ1n) is 12.9. The van der Waals surface area contributed by atoms with Crippen molar-refractivity contribution in [3.05, 3.63) is 84.2 Å². The highest BCUT2D eigenvalue weighted by Gasteiger charge is 2.31. The van der Waals surface area contributed by atoms with Gasteiger partial charge in [-0.2, -0.15) is 4.31 Å². The molecule has 0 radical (unpaired) electrons. The summed E-state index contributed by atoms with van der Waals surface area (Å²) >= 11 is 0. The van der Waals surface area contributed by atoms with Gasteiger partial charge < -0.3 is 10.1 Å². The molecule has 4 aromatic rings. The Kier molecular flexibility index (Phi) is 7.60. The summed E-state index contributed by atoms with van der Waals surface area (Å²) in [6, 6.07) is 22.8. The number of sulfonamides is 1. The van der Waals surface area contributed by atoms with E-state index in [2.05, 4.69) is 24.1 Å². The summed E-state index contributed by atoms with van der Waals surface area (Å²) in [4.78, 5) is 12.4. The summed E-state index contributed by atoms with van der Waals surface area (Å²) in [5, 5.41) is 4.35. The zero-order valence-electron chi connectivity index (χ0n) is 22.0. The molecule has 198 valence electrons. The first-order chi connectivity index (χ1) is 18.4. The molecule has 0 unspecified atom stereocenters. The molecule has 0 bridgehead atoms. The number of aromatic nitrogens is 2.